The lowest BCUT2D eigenvalue weighted by atomic mass is 10.0. The summed E-state index contributed by atoms with van der Waals surface area (Å²) >= 11 is 0. The maximum absolute atomic E-state index is 13.1. The summed E-state index contributed by atoms with van der Waals surface area (Å²) < 4.78 is 13.1. The lowest BCUT2D eigenvalue weighted by molar-refractivity contribution is 0.501. The van der Waals surface area contributed by atoms with Crippen LogP contribution < -0.4 is 11.1 Å². The van der Waals surface area contributed by atoms with Crippen molar-refractivity contribution in [1.29, 1.82) is 0 Å². The highest BCUT2D eigenvalue weighted by Crippen LogP contribution is 2.17. The molecule has 0 fully saturated rings. The molecule has 0 spiro atoms. The maximum atomic E-state index is 13.1. The summed E-state index contributed by atoms with van der Waals surface area (Å²) in [7, 11) is 0. The fourth-order valence-corrected chi connectivity index (χ4v) is 1.77. The lowest BCUT2D eigenvalue weighted by Gasteiger charge is -2.17. The molecule has 1 atom stereocenters. The highest BCUT2D eigenvalue weighted by molar-refractivity contribution is 5.19. The van der Waals surface area contributed by atoms with Crippen LogP contribution >= 0.6 is 0 Å². The first-order chi connectivity index (χ1) is 7.77. The highest BCUT2D eigenvalue weighted by Gasteiger charge is 2.08. The average Bonchev–Trinajstić information content (AvgIpc) is 2.29. The van der Waals surface area contributed by atoms with Gasteiger partial charge in [-0.25, -0.2) is 4.39 Å². The van der Waals surface area contributed by atoms with E-state index in [-0.39, 0.29) is 11.9 Å². The van der Waals surface area contributed by atoms with E-state index in [2.05, 4.69) is 12.2 Å². The Balaban J connectivity index is 2.47. The standard InChI is InChI=1S/C13H21FN2/c1-2-13(16-9-4-3-8-15)11-6-5-7-12(14)10-11/h5-7,10,13,16H,2-4,8-9,15H2,1H3. The Morgan fingerprint density at radius 2 is 2.19 bits per heavy atom. The van der Waals surface area contributed by atoms with Gasteiger partial charge in [0.2, 0.25) is 0 Å². The molecule has 0 heterocycles. The van der Waals surface area contributed by atoms with Crippen LogP contribution in [0.25, 0.3) is 0 Å². The summed E-state index contributed by atoms with van der Waals surface area (Å²) in [6, 6.07) is 7.05. The molecule has 0 bridgehead atoms. The summed E-state index contributed by atoms with van der Waals surface area (Å²) in [4.78, 5) is 0. The molecule has 3 heteroatoms. The molecule has 1 aromatic rings. The highest BCUT2D eigenvalue weighted by atomic mass is 19.1. The zero-order chi connectivity index (χ0) is 11.8. The monoisotopic (exact) mass is 224 g/mol. The fourth-order valence-electron chi connectivity index (χ4n) is 1.77. The van der Waals surface area contributed by atoms with Crippen LogP contribution in [0.3, 0.4) is 0 Å². The van der Waals surface area contributed by atoms with Gasteiger partial charge in [0, 0.05) is 6.04 Å². The van der Waals surface area contributed by atoms with Crippen molar-refractivity contribution in [2.75, 3.05) is 13.1 Å². The number of nitrogens with two attached hydrogens (primary N) is 1. The molecule has 3 N–H and O–H groups in total. The molecule has 0 aromatic heterocycles. The molecule has 1 unspecified atom stereocenters. The minimum absolute atomic E-state index is 0.167. The Morgan fingerprint density at radius 3 is 2.81 bits per heavy atom. The van der Waals surface area contributed by atoms with Crippen molar-refractivity contribution >= 4 is 0 Å². The summed E-state index contributed by atoms with van der Waals surface area (Å²) in [5.74, 6) is -0.167. The normalized spacial score (nSPS) is 12.7. The minimum atomic E-state index is -0.167. The number of rotatable bonds is 7. The molecule has 1 aromatic carbocycles. The SMILES string of the molecule is CCC(NCCCCN)c1cccc(F)c1. The second-order valence-corrected chi connectivity index (χ2v) is 3.97. The second kappa shape index (κ2) is 7.36. The molecule has 0 amide bonds. The second-order valence-electron chi connectivity index (χ2n) is 3.97. The van der Waals surface area contributed by atoms with Crippen molar-refractivity contribution in [3.8, 4) is 0 Å². The third-order valence-electron chi connectivity index (χ3n) is 2.68. The van der Waals surface area contributed by atoms with Crippen LogP contribution in [0.2, 0.25) is 0 Å². The van der Waals surface area contributed by atoms with Crippen molar-refractivity contribution in [3.05, 3.63) is 35.6 Å². The van der Waals surface area contributed by atoms with Crippen molar-refractivity contribution in [2.45, 2.75) is 32.2 Å². The van der Waals surface area contributed by atoms with Crippen LogP contribution in [-0.4, -0.2) is 13.1 Å². The van der Waals surface area contributed by atoms with Gasteiger partial charge in [0.05, 0.1) is 0 Å². The Morgan fingerprint density at radius 1 is 1.38 bits per heavy atom. The van der Waals surface area contributed by atoms with E-state index >= 15 is 0 Å². The largest absolute Gasteiger partial charge is 0.330 e. The number of hydrogen-bond donors (Lipinski definition) is 2. The maximum Gasteiger partial charge on any atom is 0.123 e. The molecular weight excluding hydrogens is 203 g/mol. The topological polar surface area (TPSA) is 38.0 Å². The number of nitrogens with one attached hydrogen (secondary N) is 1. The number of hydrogen-bond acceptors (Lipinski definition) is 2. The predicted molar refractivity (Wildman–Crippen MR) is 65.7 cm³/mol. The Labute approximate surface area is 97.0 Å². The van der Waals surface area contributed by atoms with Gasteiger partial charge in [-0.05, 0) is 50.0 Å². The van der Waals surface area contributed by atoms with Gasteiger partial charge in [-0.2, -0.15) is 0 Å². The van der Waals surface area contributed by atoms with E-state index in [1.54, 1.807) is 12.1 Å². The molecule has 1 rings (SSSR count). The fraction of sp³-hybridized carbons (Fsp3) is 0.538. The third-order valence-corrected chi connectivity index (χ3v) is 2.68. The van der Waals surface area contributed by atoms with E-state index in [1.807, 2.05) is 6.07 Å². The van der Waals surface area contributed by atoms with Crippen molar-refractivity contribution in [2.24, 2.45) is 5.73 Å². The smallest absolute Gasteiger partial charge is 0.123 e. The first kappa shape index (κ1) is 13.1. The average molecular weight is 224 g/mol. The van der Waals surface area contributed by atoms with E-state index in [0.717, 1.165) is 37.9 Å². The zero-order valence-corrected chi connectivity index (χ0v) is 9.88. The van der Waals surface area contributed by atoms with Crippen molar-refractivity contribution in [1.82, 2.24) is 5.32 Å². The van der Waals surface area contributed by atoms with Gasteiger partial charge in [-0.1, -0.05) is 19.1 Å². The summed E-state index contributed by atoms with van der Waals surface area (Å²) in [6.07, 6.45) is 3.07. The molecule has 2 nitrogen and oxygen atoms in total. The molecule has 16 heavy (non-hydrogen) atoms. The van der Waals surface area contributed by atoms with Crippen molar-refractivity contribution in [3.63, 3.8) is 0 Å². The number of unbranched alkanes of at least 4 members (excludes halogenated alkanes) is 1. The first-order valence-electron chi connectivity index (χ1n) is 5.96. The van der Waals surface area contributed by atoms with Gasteiger partial charge >= 0.3 is 0 Å². The predicted octanol–water partition coefficient (Wildman–Crippen LogP) is 2.61. The Kier molecular flexibility index (Phi) is 6.04. The molecule has 0 aliphatic heterocycles. The van der Waals surface area contributed by atoms with Gasteiger partial charge < -0.3 is 11.1 Å². The van der Waals surface area contributed by atoms with Gasteiger partial charge in [-0.3, -0.25) is 0 Å². The molecule has 0 aliphatic rings. The van der Waals surface area contributed by atoms with Crippen LogP contribution in [0.4, 0.5) is 4.39 Å². The first-order valence-corrected chi connectivity index (χ1v) is 5.96. The Hall–Kier alpha value is -0.930. The number of benzene rings is 1. The molecule has 0 aliphatic carbocycles. The van der Waals surface area contributed by atoms with Crippen LogP contribution in [-0.2, 0) is 0 Å². The van der Waals surface area contributed by atoms with Crippen LogP contribution in [0.1, 0.15) is 37.8 Å². The lowest BCUT2D eigenvalue weighted by Crippen LogP contribution is -2.22. The van der Waals surface area contributed by atoms with Gasteiger partial charge in [0.1, 0.15) is 5.82 Å². The van der Waals surface area contributed by atoms with Crippen LogP contribution in [0.5, 0.6) is 0 Å². The van der Waals surface area contributed by atoms with E-state index in [1.165, 1.54) is 6.07 Å². The minimum Gasteiger partial charge on any atom is -0.330 e. The van der Waals surface area contributed by atoms with E-state index in [4.69, 9.17) is 5.73 Å². The van der Waals surface area contributed by atoms with Gasteiger partial charge in [-0.15, -0.1) is 0 Å². The Bertz CT molecular complexity index is 302. The summed E-state index contributed by atoms with van der Waals surface area (Å²) in [5, 5.41) is 3.43. The molecule has 0 radical (unpaired) electrons. The zero-order valence-electron chi connectivity index (χ0n) is 9.88. The van der Waals surface area contributed by atoms with Gasteiger partial charge in [0.15, 0.2) is 0 Å². The molecular formula is C13H21FN2. The molecule has 0 saturated carbocycles. The third kappa shape index (κ3) is 4.29. The quantitative estimate of drug-likeness (QED) is 0.699. The van der Waals surface area contributed by atoms with Crippen LogP contribution in [0, 0.1) is 5.82 Å². The van der Waals surface area contributed by atoms with E-state index in [0.29, 0.717) is 0 Å². The van der Waals surface area contributed by atoms with Gasteiger partial charge in [0.25, 0.3) is 0 Å². The molecule has 90 valence electrons. The molecule has 0 saturated heterocycles. The van der Waals surface area contributed by atoms with Crippen molar-refractivity contribution < 1.29 is 4.39 Å². The summed E-state index contributed by atoms with van der Waals surface area (Å²) in [5.41, 5.74) is 6.45. The van der Waals surface area contributed by atoms with E-state index < -0.39 is 0 Å². The van der Waals surface area contributed by atoms with Crippen LogP contribution in [0.15, 0.2) is 24.3 Å². The summed E-state index contributed by atoms with van der Waals surface area (Å²) in [6.45, 7) is 3.77. The van der Waals surface area contributed by atoms with E-state index in [9.17, 15) is 4.39 Å². The number of halogens is 1.